The van der Waals surface area contributed by atoms with Crippen LogP contribution in [0.2, 0.25) is 0 Å². The lowest BCUT2D eigenvalue weighted by Crippen LogP contribution is -2.25. The molecule has 0 spiro atoms. The van der Waals surface area contributed by atoms with Crippen LogP contribution in [0.4, 0.5) is 23.8 Å². The van der Waals surface area contributed by atoms with E-state index in [1.54, 1.807) is 0 Å². The van der Waals surface area contributed by atoms with Crippen molar-refractivity contribution in [2.24, 2.45) is 11.8 Å². The first-order chi connectivity index (χ1) is 13.3. The average Bonchev–Trinajstić information content (AvgIpc) is 2.59. The first-order valence-corrected chi connectivity index (χ1v) is 12.0. The smallest absolute Gasteiger partial charge is 0.314 e. The van der Waals surface area contributed by atoms with E-state index in [1.807, 2.05) is 0 Å². The van der Waals surface area contributed by atoms with Crippen LogP contribution in [-0.4, -0.2) is 5.97 Å². The number of rotatable bonds is 9. The lowest BCUT2D eigenvalue weighted by Gasteiger charge is -2.40. The Morgan fingerprint density at radius 3 is 2.17 bits per heavy atom. The van der Waals surface area contributed by atoms with Gasteiger partial charge in [-0.3, -0.25) is 4.79 Å². The molecule has 0 amide bonds. The van der Waals surface area contributed by atoms with Crippen LogP contribution >= 0.6 is 10.2 Å². The molecule has 1 saturated carbocycles. The maximum atomic E-state index is 13.6. The van der Waals surface area contributed by atoms with E-state index in [4.69, 9.17) is 4.74 Å². The van der Waals surface area contributed by atoms with Crippen LogP contribution in [0.5, 0.6) is 5.75 Å². The maximum absolute atomic E-state index is 13.6. The lowest BCUT2D eigenvalue weighted by atomic mass is 9.80. The number of unbranched alkanes of at least 4 members (excludes halogenated alkanes) is 4. The summed E-state index contributed by atoms with van der Waals surface area (Å²) in [7, 11) is -10.1. The molecule has 168 valence electrons. The van der Waals surface area contributed by atoms with Crippen molar-refractivity contribution >= 4 is 16.2 Å². The first kappa shape index (κ1) is 23.9. The van der Waals surface area contributed by atoms with Crippen molar-refractivity contribution in [2.75, 3.05) is 0 Å². The molecule has 29 heavy (non-hydrogen) atoms. The molecule has 0 unspecified atom stereocenters. The largest absolute Gasteiger partial charge is 0.426 e. The Kier molecular flexibility index (Phi) is 6.92. The summed E-state index contributed by atoms with van der Waals surface area (Å²) in [5.74, 6) is -3.18. The van der Waals surface area contributed by atoms with Crippen LogP contribution in [0.1, 0.15) is 71.1 Å². The third kappa shape index (κ3) is 7.42. The molecule has 1 aliphatic carbocycles. The van der Waals surface area contributed by atoms with Gasteiger partial charge in [-0.2, -0.15) is 0 Å². The first-order valence-electron chi connectivity index (χ1n) is 10.1. The van der Waals surface area contributed by atoms with Crippen LogP contribution in [0.3, 0.4) is 0 Å². The highest BCUT2D eigenvalue weighted by Crippen LogP contribution is 3.02. The van der Waals surface area contributed by atoms with Crippen molar-refractivity contribution in [3.8, 4) is 5.75 Å². The monoisotopic (exact) mass is 446 g/mol. The van der Waals surface area contributed by atoms with Gasteiger partial charge < -0.3 is 4.74 Å². The number of hydrogen-bond donors (Lipinski definition) is 0. The van der Waals surface area contributed by atoms with Gasteiger partial charge in [0, 0.05) is 6.07 Å². The Morgan fingerprint density at radius 2 is 1.62 bits per heavy atom. The summed E-state index contributed by atoms with van der Waals surface area (Å²) in [6.07, 6.45) is 10.1. The molecule has 1 aromatic carbocycles. The summed E-state index contributed by atoms with van der Waals surface area (Å²) in [4.78, 5) is 9.61. The number of benzene rings is 1. The zero-order valence-corrected chi connectivity index (χ0v) is 17.3. The quantitative estimate of drug-likeness (QED) is 0.164. The fourth-order valence-corrected chi connectivity index (χ4v) is 4.53. The van der Waals surface area contributed by atoms with Crippen molar-refractivity contribution in [3.05, 3.63) is 24.0 Å². The summed E-state index contributed by atoms with van der Waals surface area (Å²) in [5, 5.41) is 0. The molecule has 1 aromatic rings. The minimum atomic E-state index is -10.1. The van der Waals surface area contributed by atoms with Gasteiger partial charge in [-0.1, -0.05) is 64.9 Å². The van der Waals surface area contributed by atoms with E-state index in [9.17, 15) is 28.6 Å². The van der Waals surface area contributed by atoms with Crippen LogP contribution in [0, 0.1) is 17.7 Å². The van der Waals surface area contributed by atoms with Crippen LogP contribution < -0.4 is 4.74 Å². The highest BCUT2D eigenvalue weighted by Gasteiger charge is 2.67. The molecule has 0 aromatic heterocycles. The van der Waals surface area contributed by atoms with E-state index >= 15 is 0 Å². The summed E-state index contributed by atoms with van der Waals surface area (Å²) >= 11 is 0. The second kappa shape index (κ2) is 8.40. The number of hydrogen-bond acceptors (Lipinski definition) is 2. The number of esters is 1. The maximum Gasteiger partial charge on any atom is 0.314 e. The lowest BCUT2D eigenvalue weighted by molar-refractivity contribution is -0.140. The molecule has 0 radical (unpaired) electrons. The highest BCUT2D eigenvalue weighted by atomic mass is 32.5. The minimum Gasteiger partial charge on any atom is -0.426 e. The van der Waals surface area contributed by atoms with Gasteiger partial charge in [0.2, 0.25) is 0 Å². The molecule has 0 saturated heterocycles. The Hall–Kier alpha value is -1.38. The summed E-state index contributed by atoms with van der Waals surface area (Å²) in [6, 6.07) is 0.665. The molecule has 0 heterocycles. The third-order valence-electron chi connectivity index (χ3n) is 5.43. The highest BCUT2D eigenvalue weighted by molar-refractivity contribution is 8.45. The molecular formula is C20H28F6O2S. The van der Waals surface area contributed by atoms with E-state index in [0.717, 1.165) is 25.7 Å². The average molecular weight is 446 g/mol. The van der Waals surface area contributed by atoms with Gasteiger partial charge in [0.25, 0.3) is 0 Å². The summed E-state index contributed by atoms with van der Waals surface area (Å²) < 4.78 is 82.2. The van der Waals surface area contributed by atoms with Crippen LogP contribution in [0.25, 0.3) is 0 Å². The van der Waals surface area contributed by atoms with Gasteiger partial charge in [0.05, 0.1) is 5.92 Å². The second-order valence-corrected chi connectivity index (χ2v) is 10.3. The van der Waals surface area contributed by atoms with Crippen LogP contribution in [-0.2, 0) is 4.79 Å². The van der Waals surface area contributed by atoms with Crippen molar-refractivity contribution in [1.82, 2.24) is 0 Å². The van der Waals surface area contributed by atoms with Gasteiger partial charge in [0.15, 0.2) is 0 Å². The molecule has 0 N–H and O–H groups in total. The van der Waals surface area contributed by atoms with E-state index in [-0.39, 0.29) is 12.1 Å². The predicted molar refractivity (Wildman–Crippen MR) is 102 cm³/mol. The third-order valence-corrected chi connectivity index (χ3v) is 6.60. The fourth-order valence-electron chi connectivity index (χ4n) is 3.78. The SMILES string of the molecule is CCCCCCCC1CCC(C(=O)Oc2ccc(S(F)(F)(F)(F)F)c(F)c2)CC1. The fraction of sp³-hybridized carbons (Fsp3) is 0.650. The number of halogens is 6. The Balaban J connectivity index is 1.85. The molecule has 2 rings (SSSR count). The Morgan fingerprint density at radius 1 is 1.00 bits per heavy atom. The molecule has 2 nitrogen and oxygen atoms in total. The van der Waals surface area contributed by atoms with Crippen molar-refractivity contribution < 1.29 is 33.4 Å². The van der Waals surface area contributed by atoms with E-state index in [0.29, 0.717) is 24.8 Å². The van der Waals surface area contributed by atoms with Gasteiger partial charge in [-0.25, -0.2) is 4.39 Å². The van der Waals surface area contributed by atoms with Gasteiger partial charge in [-0.05, 0) is 43.7 Å². The zero-order valence-electron chi connectivity index (χ0n) is 16.5. The molecule has 0 atom stereocenters. The second-order valence-electron chi connectivity index (χ2n) is 7.90. The number of carbonyl (C=O) groups excluding carboxylic acids is 1. The Labute approximate surface area is 167 Å². The van der Waals surface area contributed by atoms with E-state index < -0.39 is 38.6 Å². The normalized spacial score (nSPS) is 22.6. The standard InChI is InChI=1S/C20H28F6O2S/c1-2-3-4-5-6-7-15-8-10-16(11-9-15)20(27)28-17-12-13-19(18(21)14-17)29(22,23,24,25)26/h12-16H,2-11H2,1H3. The molecule has 1 aliphatic rings. The molecule has 0 bridgehead atoms. The van der Waals surface area contributed by atoms with E-state index in [2.05, 4.69) is 6.92 Å². The molecular weight excluding hydrogens is 418 g/mol. The topological polar surface area (TPSA) is 26.3 Å². The van der Waals surface area contributed by atoms with Crippen molar-refractivity contribution in [2.45, 2.75) is 76.0 Å². The van der Waals surface area contributed by atoms with Crippen LogP contribution in [0.15, 0.2) is 23.1 Å². The van der Waals surface area contributed by atoms with Gasteiger partial charge in [-0.15, -0.1) is 0 Å². The number of carbonyl (C=O) groups is 1. The minimum absolute atomic E-state index is 0.0745. The number of ether oxygens (including phenoxy) is 1. The van der Waals surface area contributed by atoms with Crippen molar-refractivity contribution in [1.29, 1.82) is 0 Å². The van der Waals surface area contributed by atoms with Crippen molar-refractivity contribution in [3.63, 3.8) is 0 Å². The molecule has 0 aliphatic heterocycles. The Bertz CT molecular complexity index is 712. The summed E-state index contributed by atoms with van der Waals surface area (Å²) in [6.45, 7) is 2.16. The van der Waals surface area contributed by atoms with E-state index in [1.165, 1.54) is 25.7 Å². The molecule has 1 fully saturated rings. The summed E-state index contributed by atoms with van der Waals surface area (Å²) in [5.41, 5.74) is 0. The van der Waals surface area contributed by atoms with Gasteiger partial charge in [0.1, 0.15) is 16.5 Å². The molecule has 9 heteroatoms. The zero-order chi connectivity index (χ0) is 21.8. The predicted octanol–water partition coefficient (Wildman–Crippen LogP) is 8.56. The van der Waals surface area contributed by atoms with Gasteiger partial charge >= 0.3 is 16.2 Å².